The summed E-state index contributed by atoms with van der Waals surface area (Å²) in [6.45, 7) is 8.97. The van der Waals surface area contributed by atoms with Crippen LogP contribution in [0.2, 0.25) is 0 Å². The molecule has 0 saturated carbocycles. The molecule has 2 aromatic rings. The number of phenols is 1. The molecular weight excluding hydrogens is 616 g/mol. The predicted molar refractivity (Wildman–Crippen MR) is 178 cm³/mol. The lowest BCUT2D eigenvalue weighted by molar-refractivity contribution is -0.150. The average Bonchev–Trinajstić information content (AvgIpc) is 3.27. The van der Waals surface area contributed by atoms with Crippen LogP contribution in [-0.2, 0) is 34.3 Å². The number of hydrogen-bond acceptors (Lipinski definition) is 8. The molecule has 0 saturated heterocycles. The van der Waals surface area contributed by atoms with Crippen LogP contribution in [0.3, 0.4) is 0 Å². The quantitative estimate of drug-likeness (QED) is 0.246. The van der Waals surface area contributed by atoms with E-state index in [1.165, 1.54) is 26.1 Å². The van der Waals surface area contributed by atoms with Gasteiger partial charge in [0.2, 0.25) is 17.7 Å². The number of aromatic hydroxyl groups is 1. The topological polar surface area (TPSA) is 174 Å². The number of aliphatic hydroxyl groups is 1. The van der Waals surface area contributed by atoms with Gasteiger partial charge in [0, 0.05) is 30.6 Å². The minimum absolute atomic E-state index is 0.0172. The summed E-state index contributed by atoms with van der Waals surface area (Å²) >= 11 is 0. The van der Waals surface area contributed by atoms with E-state index in [4.69, 9.17) is 4.74 Å². The van der Waals surface area contributed by atoms with Crippen molar-refractivity contribution >= 4 is 35.3 Å². The fourth-order valence-corrected chi connectivity index (χ4v) is 6.50. The van der Waals surface area contributed by atoms with Crippen LogP contribution < -0.4 is 16.0 Å². The van der Waals surface area contributed by atoms with Crippen molar-refractivity contribution < 1.29 is 38.9 Å². The third kappa shape index (κ3) is 8.41. The molecule has 4 rings (SSSR count). The number of fused-ring (bicyclic) bond motifs is 1. The lowest BCUT2D eigenvalue weighted by Gasteiger charge is -2.35. The molecule has 7 atom stereocenters. The van der Waals surface area contributed by atoms with Crippen LogP contribution in [-0.4, -0.2) is 69.9 Å². The Hall–Kier alpha value is -4.71. The van der Waals surface area contributed by atoms with E-state index in [1.54, 1.807) is 50.2 Å². The van der Waals surface area contributed by atoms with E-state index in [1.807, 2.05) is 19.9 Å². The summed E-state index contributed by atoms with van der Waals surface area (Å²) in [5.74, 6) is -3.50. The first-order valence-electron chi connectivity index (χ1n) is 16.3. The second-order valence-electron chi connectivity index (χ2n) is 13.2. The maximum atomic E-state index is 14.2. The first kappa shape index (κ1) is 36.1. The molecule has 2 heterocycles. The predicted octanol–water partition coefficient (Wildman–Crippen LogP) is 3.45. The summed E-state index contributed by atoms with van der Waals surface area (Å²) in [5, 5.41) is 29.9. The molecule has 4 amide bonds. The highest BCUT2D eigenvalue weighted by Gasteiger charge is 2.49. The van der Waals surface area contributed by atoms with Crippen LogP contribution in [0.4, 0.5) is 5.69 Å². The molecular formula is C36H46N4O8. The Balaban J connectivity index is 1.74. The molecule has 5 N–H and O–H groups in total. The van der Waals surface area contributed by atoms with Crippen molar-refractivity contribution in [2.75, 3.05) is 12.4 Å². The van der Waals surface area contributed by atoms with Crippen LogP contribution in [0.15, 0.2) is 60.2 Å². The molecule has 2 aliphatic rings. The van der Waals surface area contributed by atoms with Gasteiger partial charge >= 0.3 is 5.97 Å². The molecule has 0 fully saturated rings. The van der Waals surface area contributed by atoms with Crippen molar-refractivity contribution in [3.8, 4) is 5.75 Å². The number of likely N-dealkylation sites (N-methyl/N-ethyl adjacent to an activating group) is 1. The smallest absolute Gasteiger partial charge is 0.308 e. The molecule has 0 radical (unpaired) electrons. The van der Waals surface area contributed by atoms with Crippen LogP contribution in [0, 0.1) is 11.8 Å². The molecule has 12 heteroatoms. The lowest BCUT2D eigenvalue weighted by atomic mass is 9.87. The second-order valence-corrected chi connectivity index (χ2v) is 13.2. The third-order valence-corrected chi connectivity index (χ3v) is 9.00. The van der Waals surface area contributed by atoms with Gasteiger partial charge in [-0.05, 0) is 63.3 Å². The number of phenolic OH excluding ortho intramolecular Hbond substituents is 1. The highest BCUT2D eigenvalue weighted by molar-refractivity contribution is 6.05. The summed E-state index contributed by atoms with van der Waals surface area (Å²) in [5.41, 5.74) is -0.0917. The van der Waals surface area contributed by atoms with Gasteiger partial charge in [0.1, 0.15) is 17.8 Å². The van der Waals surface area contributed by atoms with E-state index in [9.17, 15) is 34.2 Å². The highest BCUT2D eigenvalue weighted by atomic mass is 16.5. The molecule has 2 aromatic carbocycles. The summed E-state index contributed by atoms with van der Waals surface area (Å²) in [4.78, 5) is 68.7. The van der Waals surface area contributed by atoms with Gasteiger partial charge in [-0.25, -0.2) is 0 Å². The number of nitrogens with one attached hydrogen (secondary N) is 3. The number of hydrogen-bond donors (Lipinski definition) is 5. The number of nitrogens with zero attached hydrogens (tertiary/aromatic N) is 1. The number of para-hydroxylation sites is 1. The zero-order valence-electron chi connectivity index (χ0n) is 28.3. The molecule has 0 aliphatic carbocycles. The highest BCUT2D eigenvalue weighted by Crippen LogP contribution is 2.40. The van der Waals surface area contributed by atoms with Crippen molar-refractivity contribution in [1.82, 2.24) is 15.5 Å². The number of cyclic esters (lactones) is 1. The molecule has 48 heavy (non-hydrogen) atoms. The van der Waals surface area contributed by atoms with E-state index in [2.05, 4.69) is 16.0 Å². The Morgan fingerprint density at radius 2 is 1.58 bits per heavy atom. The fraction of sp³-hybridized carbons (Fsp3) is 0.472. The minimum Gasteiger partial charge on any atom is -0.508 e. The standard InChI is InChI=1S/C36H46N4O8/c1-20-15-21(2)17-23(4)48-31(42)18-29(25-11-13-26(41)14-12-25)38-33(44)30(40(6)34(45)24(5)37-32(43)22(3)16-20)19-36(47)27-9-7-8-10-28(27)39-35(36)46/h7-15,21-24,29-30,41,47H,16-19H2,1-6H3,(H,37,43)(H,38,44)(H,39,46)/t21-,22-,23-,24+,29+,30+,36+/m0/s1. The van der Waals surface area contributed by atoms with Crippen molar-refractivity contribution in [2.24, 2.45) is 11.8 Å². The molecule has 258 valence electrons. The number of carbonyl (C=O) groups excluding carboxylic acids is 5. The molecule has 2 aliphatic heterocycles. The normalized spacial score (nSPS) is 29.7. The van der Waals surface area contributed by atoms with Crippen LogP contribution in [0.25, 0.3) is 0 Å². The number of rotatable bonds is 3. The molecule has 0 spiro atoms. The average molecular weight is 663 g/mol. The van der Waals surface area contributed by atoms with Crippen molar-refractivity contribution in [3.05, 3.63) is 71.3 Å². The molecule has 12 nitrogen and oxygen atoms in total. The maximum absolute atomic E-state index is 14.2. The number of carbonyl (C=O) groups is 5. The second kappa shape index (κ2) is 15.0. The van der Waals surface area contributed by atoms with Gasteiger partial charge < -0.3 is 35.8 Å². The van der Waals surface area contributed by atoms with Crippen LogP contribution in [0.5, 0.6) is 5.75 Å². The minimum atomic E-state index is -2.17. The van der Waals surface area contributed by atoms with Gasteiger partial charge in [-0.2, -0.15) is 0 Å². The molecule has 0 aromatic heterocycles. The molecule has 0 bridgehead atoms. The first-order chi connectivity index (χ1) is 22.6. The summed E-state index contributed by atoms with van der Waals surface area (Å²) < 4.78 is 5.74. The number of anilines is 1. The van der Waals surface area contributed by atoms with Crippen molar-refractivity contribution in [1.29, 1.82) is 0 Å². The Morgan fingerprint density at radius 1 is 0.917 bits per heavy atom. The van der Waals surface area contributed by atoms with E-state index in [0.717, 1.165) is 10.5 Å². The van der Waals surface area contributed by atoms with Gasteiger partial charge in [-0.1, -0.05) is 55.8 Å². The largest absolute Gasteiger partial charge is 0.508 e. The summed E-state index contributed by atoms with van der Waals surface area (Å²) in [6.07, 6.45) is 1.76. The monoisotopic (exact) mass is 662 g/mol. The zero-order chi connectivity index (χ0) is 35.3. The van der Waals surface area contributed by atoms with E-state index >= 15 is 0 Å². The van der Waals surface area contributed by atoms with E-state index in [0.29, 0.717) is 24.1 Å². The van der Waals surface area contributed by atoms with Crippen molar-refractivity contribution in [2.45, 2.75) is 90.1 Å². The summed E-state index contributed by atoms with van der Waals surface area (Å²) in [7, 11) is 1.36. The number of esters is 1. The van der Waals surface area contributed by atoms with Crippen LogP contribution in [0.1, 0.15) is 77.5 Å². The maximum Gasteiger partial charge on any atom is 0.308 e. The molecule has 0 unspecified atom stereocenters. The Kier molecular flexibility index (Phi) is 11.3. The van der Waals surface area contributed by atoms with Crippen molar-refractivity contribution in [3.63, 3.8) is 0 Å². The zero-order valence-corrected chi connectivity index (χ0v) is 28.3. The van der Waals surface area contributed by atoms with E-state index in [-0.39, 0.29) is 29.6 Å². The number of allylic oxidation sites excluding steroid dienone is 2. The van der Waals surface area contributed by atoms with Gasteiger partial charge in [-0.15, -0.1) is 0 Å². The van der Waals surface area contributed by atoms with Gasteiger partial charge in [0.15, 0.2) is 5.60 Å². The van der Waals surface area contributed by atoms with E-state index < -0.39 is 65.9 Å². The first-order valence-corrected chi connectivity index (χ1v) is 16.3. The third-order valence-electron chi connectivity index (χ3n) is 9.00. The summed E-state index contributed by atoms with van der Waals surface area (Å²) in [6, 6.07) is 9.03. The Labute approximate surface area is 280 Å². The number of benzene rings is 2. The van der Waals surface area contributed by atoms with Gasteiger partial charge in [0.25, 0.3) is 5.91 Å². The van der Waals surface area contributed by atoms with Gasteiger partial charge in [0.05, 0.1) is 18.6 Å². The lowest BCUT2D eigenvalue weighted by Crippen LogP contribution is -2.56. The fourth-order valence-electron chi connectivity index (χ4n) is 6.50. The van der Waals surface area contributed by atoms with Crippen LogP contribution >= 0.6 is 0 Å². The Bertz CT molecular complexity index is 1570. The number of amides is 4. The SMILES string of the molecule is CC1=C[C@H](C)C[C@H](C)OC(=O)C[C@H](c2ccc(O)cc2)NC(=O)[C@@H](C[C@]2(O)C(=O)Nc3ccccc32)N(C)C(=O)[C@@H](C)NC(=O)[C@@H](C)C1. The Morgan fingerprint density at radius 3 is 2.27 bits per heavy atom. The number of ether oxygens (including phenoxy) is 1. The van der Waals surface area contributed by atoms with Gasteiger partial charge in [-0.3, -0.25) is 24.0 Å².